The maximum atomic E-state index is 13.5. The number of halogens is 3. The molecular weight excluding hydrogens is 355 g/mol. The molecule has 2 rings (SSSR count). The van der Waals surface area contributed by atoms with E-state index in [1.54, 1.807) is 18.2 Å². The van der Waals surface area contributed by atoms with E-state index < -0.39 is 5.82 Å². The molecule has 1 heterocycles. The lowest BCUT2D eigenvalue weighted by Crippen LogP contribution is -2.02. The van der Waals surface area contributed by atoms with Crippen LogP contribution in [0.3, 0.4) is 0 Å². The van der Waals surface area contributed by atoms with Gasteiger partial charge in [0, 0.05) is 10.5 Å². The van der Waals surface area contributed by atoms with E-state index in [4.69, 9.17) is 5.73 Å². The van der Waals surface area contributed by atoms with Crippen molar-refractivity contribution in [3.8, 4) is 0 Å². The van der Waals surface area contributed by atoms with Crippen molar-refractivity contribution in [3.05, 3.63) is 39.2 Å². The Morgan fingerprint density at radius 1 is 1.18 bits per heavy atom. The van der Waals surface area contributed by atoms with Crippen molar-refractivity contribution in [2.45, 2.75) is 0 Å². The minimum atomic E-state index is -0.393. The van der Waals surface area contributed by atoms with E-state index in [0.29, 0.717) is 10.4 Å². The highest BCUT2D eigenvalue weighted by molar-refractivity contribution is 9.10. The van der Waals surface area contributed by atoms with Gasteiger partial charge in [-0.2, -0.15) is 4.98 Å². The van der Waals surface area contributed by atoms with E-state index in [1.165, 1.54) is 6.07 Å². The van der Waals surface area contributed by atoms with Crippen LogP contribution in [0.1, 0.15) is 0 Å². The topological polar surface area (TPSA) is 63.8 Å². The van der Waals surface area contributed by atoms with Crippen molar-refractivity contribution >= 4 is 49.3 Å². The van der Waals surface area contributed by atoms with Crippen LogP contribution in [-0.4, -0.2) is 9.97 Å². The Hall–Kier alpha value is -1.21. The Morgan fingerprint density at radius 3 is 2.65 bits per heavy atom. The number of hydrogen-bond donors (Lipinski definition) is 2. The zero-order chi connectivity index (χ0) is 12.4. The zero-order valence-electron chi connectivity index (χ0n) is 8.42. The van der Waals surface area contributed by atoms with Crippen molar-refractivity contribution in [2.75, 3.05) is 11.1 Å². The predicted molar refractivity (Wildman–Crippen MR) is 71.5 cm³/mol. The lowest BCUT2D eigenvalue weighted by atomic mass is 10.3. The summed E-state index contributed by atoms with van der Waals surface area (Å²) in [6, 6.07) is 6.10. The molecule has 0 unspecified atom stereocenters. The van der Waals surface area contributed by atoms with E-state index >= 15 is 0 Å². The molecule has 2 aromatic rings. The van der Waals surface area contributed by atoms with Gasteiger partial charge in [-0.1, -0.05) is 15.9 Å². The van der Waals surface area contributed by atoms with E-state index in [-0.39, 0.29) is 11.6 Å². The molecule has 3 N–H and O–H groups in total. The number of nitrogen functional groups attached to an aromatic ring is 1. The first kappa shape index (κ1) is 12.3. The fraction of sp³-hybridized carbons (Fsp3) is 0. The van der Waals surface area contributed by atoms with Crippen LogP contribution >= 0.6 is 31.9 Å². The van der Waals surface area contributed by atoms with Crippen LogP contribution in [0.2, 0.25) is 0 Å². The third-order valence-electron chi connectivity index (χ3n) is 1.89. The summed E-state index contributed by atoms with van der Waals surface area (Å²) in [6.45, 7) is 0. The maximum Gasteiger partial charge on any atom is 0.230 e. The van der Waals surface area contributed by atoms with Gasteiger partial charge < -0.3 is 11.1 Å². The van der Waals surface area contributed by atoms with Gasteiger partial charge in [0.05, 0.1) is 5.69 Å². The standard InChI is InChI=1S/C10H7Br2FN4/c11-5-1-2-6(13)7(3-5)15-10-16-8(12)4-9(14)17-10/h1-4H,(H3,14,15,16,17). The summed E-state index contributed by atoms with van der Waals surface area (Å²) in [6.07, 6.45) is 0. The average molecular weight is 362 g/mol. The van der Waals surface area contributed by atoms with E-state index in [9.17, 15) is 4.39 Å². The summed E-state index contributed by atoms with van der Waals surface area (Å²) in [5, 5.41) is 2.76. The second-order valence-corrected chi connectivity index (χ2v) is 4.92. The van der Waals surface area contributed by atoms with Crippen LogP contribution in [0.5, 0.6) is 0 Å². The summed E-state index contributed by atoms with van der Waals surface area (Å²) >= 11 is 6.44. The number of benzene rings is 1. The van der Waals surface area contributed by atoms with Gasteiger partial charge in [-0.3, -0.25) is 0 Å². The molecule has 0 saturated heterocycles. The molecule has 4 nitrogen and oxygen atoms in total. The normalized spacial score (nSPS) is 10.3. The summed E-state index contributed by atoms with van der Waals surface area (Å²) in [4.78, 5) is 7.98. The molecule has 7 heteroatoms. The third-order valence-corrected chi connectivity index (χ3v) is 2.79. The number of hydrogen-bond acceptors (Lipinski definition) is 4. The largest absolute Gasteiger partial charge is 0.383 e. The number of rotatable bonds is 2. The molecule has 1 aromatic carbocycles. The predicted octanol–water partition coefficient (Wildman–Crippen LogP) is 3.47. The molecular formula is C10H7Br2FN4. The van der Waals surface area contributed by atoms with Crippen molar-refractivity contribution in [1.82, 2.24) is 9.97 Å². The lowest BCUT2D eigenvalue weighted by molar-refractivity contribution is 0.631. The Bertz CT molecular complexity index is 542. The monoisotopic (exact) mass is 360 g/mol. The molecule has 0 radical (unpaired) electrons. The highest BCUT2D eigenvalue weighted by Crippen LogP contribution is 2.23. The second kappa shape index (κ2) is 4.97. The summed E-state index contributed by atoms with van der Waals surface area (Å²) in [5.41, 5.74) is 5.83. The molecule has 0 spiro atoms. The first-order chi connectivity index (χ1) is 8.04. The van der Waals surface area contributed by atoms with Crippen molar-refractivity contribution in [2.24, 2.45) is 0 Å². The minimum absolute atomic E-state index is 0.230. The Balaban J connectivity index is 2.34. The molecule has 0 fully saturated rings. The molecule has 0 bridgehead atoms. The maximum absolute atomic E-state index is 13.5. The molecule has 88 valence electrons. The number of nitrogens with one attached hydrogen (secondary N) is 1. The Labute approximate surface area is 114 Å². The van der Waals surface area contributed by atoms with Gasteiger partial charge in [0.2, 0.25) is 5.95 Å². The van der Waals surface area contributed by atoms with Crippen LogP contribution in [-0.2, 0) is 0 Å². The zero-order valence-corrected chi connectivity index (χ0v) is 11.6. The molecule has 0 atom stereocenters. The molecule has 0 aliphatic rings. The first-order valence-electron chi connectivity index (χ1n) is 4.57. The quantitative estimate of drug-likeness (QED) is 0.804. The van der Waals surface area contributed by atoms with Gasteiger partial charge in [0.1, 0.15) is 16.2 Å². The fourth-order valence-corrected chi connectivity index (χ4v) is 1.97. The Kier molecular flexibility index (Phi) is 3.58. The van der Waals surface area contributed by atoms with E-state index in [0.717, 1.165) is 4.47 Å². The average Bonchev–Trinajstić information content (AvgIpc) is 2.22. The molecule has 0 amide bonds. The van der Waals surface area contributed by atoms with Crippen LogP contribution in [0.25, 0.3) is 0 Å². The first-order valence-corrected chi connectivity index (χ1v) is 6.15. The van der Waals surface area contributed by atoms with Crippen LogP contribution in [0, 0.1) is 5.82 Å². The van der Waals surface area contributed by atoms with Gasteiger partial charge in [0.25, 0.3) is 0 Å². The Morgan fingerprint density at radius 2 is 1.94 bits per heavy atom. The van der Waals surface area contributed by atoms with Gasteiger partial charge in [-0.25, -0.2) is 9.37 Å². The summed E-state index contributed by atoms with van der Waals surface area (Å²) in [5.74, 6) is 0.133. The minimum Gasteiger partial charge on any atom is -0.383 e. The third kappa shape index (κ3) is 3.13. The van der Waals surface area contributed by atoms with Crippen molar-refractivity contribution < 1.29 is 4.39 Å². The van der Waals surface area contributed by atoms with Crippen LogP contribution < -0.4 is 11.1 Å². The number of anilines is 3. The van der Waals surface area contributed by atoms with Crippen LogP contribution in [0.15, 0.2) is 33.3 Å². The fourth-order valence-electron chi connectivity index (χ4n) is 1.20. The van der Waals surface area contributed by atoms with Gasteiger partial charge in [-0.15, -0.1) is 0 Å². The molecule has 0 aliphatic heterocycles. The lowest BCUT2D eigenvalue weighted by Gasteiger charge is -2.07. The molecule has 0 aliphatic carbocycles. The van der Waals surface area contributed by atoms with Gasteiger partial charge in [-0.05, 0) is 34.1 Å². The van der Waals surface area contributed by atoms with Crippen LogP contribution in [0.4, 0.5) is 21.8 Å². The van der Waals surface area contributed by atoms with E-state index in [2.05, 4.69) is 47.1 Å². The number of nitrogens with zero attached hydrogens (tertiary/aromatic N) is 2. The highest BCUT2D eigenvalue weighted by Gasteiger charge is 2.06. The number of nitrogens with two attached hydrogens (primary N) is 1. The molecule has 1 aromatic heterocycles. The highest BCUT2D eigenvalue weighted by atomic mass is 79.9. The summed E-state index contributed by atoms with van der Waals surface area (Å²) < 4.78 is 14.8. The van der Waals surface area contributed by atoms with Crippen molar-refractivity contribution in [3.63, 3.8) is 0 Å². The smallest absolute Gasteiger partial charge is 0.230 e. The van der Waals surface area contributed by atoms with Gasteiger partial charge >= 0.3 is 0 Å². The molecule has 0 saturated carbocycles. The van der Waals surface area contributed by atoms with Gasteiger partial charge in [0.15, 0.2) is 0 Å². The van der Waals surface area contributed by atoms with E-state index in [1.807, 2.05) is 0 Å². The SMILES string of the molecule is Nc1cc(Br)nc(Nc2cc(Br)ccc2F)n1. The number of aromatic nitrogens is 2. The second-order valence-electron chi connectivity index (χ2n) is 3.19. The summed E-state index contributed by atoms with van der Waals surface area (Å²) in [7, 11) is 0. The molecule has 17 heavy (non-hydrogen) atoms. The van der Waals surface area contributed by atoms with Crippen molar-refractivity contribution in [1.29, 1.82) is 0 Å².